The lowest BCUT2D eigenvalue weighted by atomic mass is 10.1. The van der Waals surface area contributed by atoms with Crippen molar-refractivity contribution in [2.24, 2.45) is 5.73 Å². The van der Waals surface area contributed by atoms with Crippen LogP contribution in [0, 0.1) is 0 Å². The lowest BCUT2D eigenvalue weighted by molar-refractivity contribution is 0.494. The van der Waals surface area contributed by atoms with Gasteiger partial charge in [-0.2, -0.15) is 0 Å². The minimum atomic E-state index is 0.281. The SMILES string of the molecule is CC(C)n1nnc(-c2ccccc2)c1CN. The first-order valence-corrected chi connectivity index (χ1v) is 5.43. The van der Waals surface area contributed by atoms with Crippen LogP contribution in [0.25, 0.3) is 11.3 Å². The normalized spacial score (nSPS) is 11.0. The molecule has 0 aliphatic carbocycles. The molecule has 2 N–H and O–H groups in total. The monoisotopic (exact) mass is 216 g/mol. The maximum Gasteiger partial charge on any atom is 0.117 e. The van der Waals surface area contributed by atoms with E-state index in [0.717, 1.165) is 17.0 Å². The number of rotatable bonds is 3. The number of nitrogens with zero attached hydrogens (tertiary/aromatic N) is 3. The van der Waals surface area contributed by atoms with Crippen molar-refractivity contribution in [3.8, 4) is 11.3 Å². The van der Waals surface area contributed by atoms with Crippen molar-refractivity contribution in [1.29, 1.82) is 0 Å². The molecule has 84 valence electrons. The zero-order valence-corrected chi connectivity index (χ0v) is 9.59. The quantitative estimate of drug-likeness (QED) is 0.853. The molecule has 4 heteroatoms. The van der Waals surface area contributed by atoms with Gasteiger partial charge in [0.15, 0.2) is 0 Å². The molecule has 2 aromatic rings. The first-order chi connectivity index (χ1) is 7.74. The molecule has 0 saturated heterocycles. The molecule has 0 atom stereocenters. The topological polar surface area (TPSA) is 56.7 Å². The second-order valence-electron chi connectivity index (χ2n) is 3.99. The number of nitrogens with two attached hydrogens (primary N) is 1. The predicted molar refractivity (Wildman–Crippen MR) is 63.7 cm³/mol. The number of hydrogen-bond acceptors (Lipinski definition) is 3. The Hall–Kier alpha value is -1.68. The second-order valence-corrected chi connectivity index (χ2v) is 3.99. The maximum absolute atomic E-state index is 5.77. The third-order valence-corrected chi connectivity index (χ3v) is 2.52. The summed E-state index contributed by atoms with van der Waals surface area (Å²) in [7, 11) is 0. The first-order valence-electron chi connectivity index (χ1n) is 5.43. The van der Waals surface area contributed by atoms with Crippen molar-refractivity contribution in [1.82, 2.24) is 15.0 Å². The standard InChI is InChI=1S/C12H16N4/c1-9(2)16-11(8-13)12(14-15-16)10-6-4-3-5-7-10/h3-7,9H,8,13H2,1-2H3. The summed E-state index contributed by atoms with van der Waals surface area (Å²) in [4.78, 5) is 0. The Morgan fingerprint density at radius 1 is 1.25 bits per heavy atom. The molecule has 0 aliphatic rings. The van der Waals surface area contributed by atoms with E-state index in [1.54, 1.807) is 0 Å². The molecule has 1 aromatic carbocycles. The summed E-state index contributed by atoms with van der Waals surface area (Å²) in [6, 6.07) is 10.3. The van der Waals surface area contributed by atoms with Crippen molar-refractivity contribution in [3.05, 3.63) is 36.0 Å². The van der Waals surface area contributed by atoms with Gasteiger partial charge in [-0.15, -0.1) is 5.10 Å². The lowest BCUT2D eigenvalue weighted by Crippen LogP contribution is -2.11. The van der Waals surface area contributed by atoms with Crippen molar-refractivity contribution < 1.29 is 0 Å². The Balaban J connectivity index is 2.50. The Morgan fingerprint density at radius 3 is 2.50 bits per heavy atom. The maximum atomic E-state index is 5.77. The van der Waals surface area contributed by atoms with E-state index in [2.05, 4.69) is 24.2 Å². The van der Waals surface area contributed by atoms with Crippen LogP contribution < -0.4 is 5.73 Å². The van der Waals surface area contributed by atoms with Crippen LogP contribution in [-0.4, -0.2) is 15.0 Å². The minimum absolute atomic E-state index is 0.281. The van der Waals surface area contributed by atoms with Crippen LogP contribution in [0.15, 0.2) is 30.3 Å². The van der Waals surface area contributed by atoms with Crippen LogP contribution in [0.3, 0.4) is 0 Å². The zero-order valence-electron chi connectivity index (χ0n) is 9.59. The summed E-state index contributed by atoms with van der Waals surface area (Å²) < 4.78 is 1.88. The van der Waals surface area contributed by atoms with Crippen LogP contribution in [-0.2, 0) is 6.54 Å². The van der Waals surface area contributed by atoms with E-state index >= 15 is 0 Å². The summed E-state index contributed by atoms with van der Waals surface area (Å²) in [6.07, 6.45) is 0. The molecule has 0 aliphatic heterocycles. The smallest absolute Gasteiger partial charge is 0.117 e. The van der Waals surface area contributed by atoms with Gasteiger partial charge in [0.05, 0.1) is 5.69 Å². The van der Waals surface area contributed by atoms with E-state index < -0.39 is 0 Å². The molecule has 0 amide bonds. The molecule has 1 heterocycles. The molecule has 0 spiro atoms. The van der Waals surface area contributed by atoms with Gasteiger partial charge in [0.25, 0.3) is 0 Å². The summed E-state index contributed by atoms with van der Waals surface area (Å²) in [6.45, 7) is 4.60. The molecule has 1 aromatic heterocycles. The molecule has 0 unspecified atom stereocenters. The average molecular weight is 216 g/mol. The van der Waals surface area contributed by atoms with Gasteiger partial charge in [-0.25, -0.2) is 4.68 Å². The fourth-order valence-electron chi connectivity index (χ4n) is 1.74. The molecule has 0 fully saturated rings. The van der Waals surface area contributed by atoms with Crippen molar-refractivity contribution in [2.75, 3.05) is 0 Å². The van der Waals surface area contributed by atoms with Crippen molar-refractivity contribution >= 4 is 0 Å². The van der Waals surface area contributed by atoms with Gasteiger partial charge in [-0.1, -0.05) is 35.5 Å². The number of hydrogen-bond donors (Lipinski definition) is 1. The van der Waals surface area contributed by atoms with Gasteiger partial charge in [-0.05, 0) is 13.8 Å². The zero-order chi connectivity index (χ0) is 11.5. The average Bonchev–Trinajstić information content (AvgIpc) is 2.73. The van der Waals surface area contributed by atoms with Gasteiger partial charge in [0.1, 0.15) is 5.69 Å². The number of benzene rings is 1. The molecule has 16 heavy (non-hydrogen) atoms. The summed E-state index contributed by atoms with van der Waals surface area (Å²) >= 11 is 0. The highest BCUT2D eigenvalue weighted by molar-refractivity contribution is 5.61. The highest BCUT2D eigenvalue weighted by atomic mass is 15.4. The van der Waals surface area contributed by atoms with Gasteiger partial charge in [0.2, 0.25) is 0 Å². The van der Waals surface area contributed by atoms with E-state index in [9.17, 15) is 0 Å². The second kappa shape index (κ2) is 4.45. The molecular formula is C12H16N4. The van der Waals surface area contributed by atoms with E-state index in [1.165, 1.54) is 0 Å². The van der Waals surface area contributed by atoms with Gasteiger partial charge in [0, 0.05) is 18.2 Å². The Kier molecular flexibility index (Phi) is 3.01. The molecule has 0 bridgehead atoms. The Bertz CT molecular complexity index is 459. The fraction of sp³-hybridized carbons (Fsp3) is 0.333. The largest absolute Gasteiger partial charge is 0.325 e. The van der Waals surface area contributed by atoms with Crippen LogP contribution in [0.5, 0.6) is 0 Å². The molecule has 4 nitrogen and oxygen atoms in total. The highest BCUT2D eigenvalue weighted by Crippen LogP contribution is 2.22. The summed E-state index contributed by atoms with van der Waals surface area (Å²) in [5.74, 6) is 0. The van der Waals surface area contributed by atoms with Gasteiger partial charge < -0.3 is 5.73 Å². The lowest BCUT2D eigenvalue weighted by Gasteiger charge is -2.08. The van der Waals surface area contributed by atoms with E-state index in [-0.39, 0.29) is 6.04 Å². The fourth-order valence-corrected chi connectivity index (χ4v) is 1.74. The molecular weight excluding hydrogens is 200 g/mol. The van der Waals surface area contributed by atoms with Crippen LogP contribution in [0.4, 0.5) is 0 Å². The Labute approximate surface area is 95.1 Å². The first kappa shape index (κ1) is 10.8. The molecule has 0 radical (unpaired) electrons. The van der Waals surface area contributed by atoms with Crippen LogP contribution >= 0.6 is 0 Å². The van der Waals surface area contributed by atoms with E-state index in [0.29, 0.717) is 6.54 Å². The van der Waals surface area contributed by atoms with Gasteiger partial charge >= 0.3 is 0 Å². The highest BCUT2D eigenvalue weighted by Gasteiger charge is 2.14. The van der Waals surface area contributed by atoms with E-state index in [4.69, 9.17) is 5.73 Å². The predicted octanol–water partition coefficient (Wildman–Crippen LogP) is 1.98. The van der Waals surface area contributed by atoms with Crippen molar-refractivity contribution in [2.45, 2.75) is 26.4 Å². The summed E-state index contributed by atoms with van der Waals surface area (Å²) in [5, 5.41) is 8.36. The molecule has 0 saturated carbocycles. The van der Waals surface area contributed by atoms with Crippen molar-refractivity contribution in [3.63, 3.8) is 0 Å². The third-order valence-electron chi connectivity index (χ3n) is 2.52. The minimum Gasteiger partial charge on any atom is -0.325 e. The van der Waals surface area contributed by atoms with Crippen LogP contribution in [0.1, 0.15) is 25.6 Å². The van der Waals surface area contributed by atoms with Gasteiger partial charge in [-0.3, -0.25) is 0 Å². The summed E-state index contributed by atoms with van der Waals surface area (Å²) in [5.41, 5.74) is 8.71. The van der Waals surface area contributed by atoms with E-state index in [1.807, 2.05) is 35.0 Å². The third kappa shape index (κ3) is 1.84. The van der Waals surface area contributed by atoms with Crippen LogP contribution in [0.2, 0.25) is 0 Å². The molecule has 2 rings (SSSR count). The number of aromatic nitrogens is 3. The Morgan fingerprint density at radius 2 is 1.94 bits per heavy atom.